The van der Waals surface area contributed by atoms with Crippen molar-refractivity contribution < 1.29 is 14.2 Å². The number of aromatic nitrogens is 3. The Morgan fingerprint density at radius 2 is 1.59 bits per heavy atom. The van der Waals surface area contributed by atoms with E-state index in [1.165, 1.54) is 5.56 Å². The van der Waals surface area contributed by atoms with Crippen LogP contribution in [0.3, 0.4) is 0 Å². The number of benzene rings is 2. The Morgan fingerprint density at radius 1 is 0.897 bits per heavy atom. The van der Waals surface area contributed by atoms with Gasteiger partial charge in [0.15, 0.2) is 17.1 Å². The number of halogens is 1. The summed E-state index contributed by atoms with van der Waals surface area (Å²) in [5, 5.41) is 4.16. The highest BCUT2D eigenvalue weighted by Crippen LogP contribution is 2.40. The normalized spacial score (nSPS) is 14.0. The number of hydrogen-bond acceptors (Lipinski definition) is 9. The average molecular weight is 552 g/mol. The summed E-state index contributed by atoms with van der Waals surface area (Å²) in [7, 11) is 4.76. The molecule has 3 N–H and O–H groups in total. The van der Waals surface area contributed by atoms with Crippen LogP contribution in [0.25, 0.3) is 11.2 Å². The lowest BCUT2D eigenvalue weighted by Gasteiger charge is -2.35. The van der Waals surface area contributed by atoms with Gasteiger partial charge in [-0.1, -0.05) is 23.7 Å². The number of nitrogens with zero attached hydrogens (tertiary/aromatic N) is 5. The number of ether oxygens (including phenoxy) is 3. The topological polar surface area (TPSA) is 103 Å². The number of methoxy groups -OCH3 is 3. The Morgan fingerprint density at radius 3 is 2.21 bits per heavy atom. The van der Waals surface area contributed by atoms with Gasteiger partial charge in [-0.3, -0.25) is 9.47 Å². The second kappa shape index (κ2) is 12.0. The first-order valence-corrected chi connectivity index (χ1v) is 13.3. The van der Waals surface area contributed by atoms with Gasteiger partial charge in [0, 0.05) is 68.7 Å². The highest BCUT2D eigenvalue weighted by molar-refractivity contribution is 6.30. The summed E-state index contributed by atoms with van der Waals surface area (Å²) in [5.74, 6) is 3.21. The van der Waals surface area contributed by atoms with Gasteiger partial charge in [-0.2, -0.15) is 0 Å². The SMILES string of the molecule is COc1cc(Nc2nc3ccc(N4CCN(Cc5ccc(Cl)cc5)CC4)nc3n2CCN)cc(OC)c1OC. The molecule has 0 unspecified atom stereocenters. The van der Waals surface area contributed by atoms with E-state index in [0.29, 0.717) is 36.3 Å². The van der Waals surface area contributed by atoms with E-state index in [9.17, 15) is 0 Å². The van der Waals surface area contributed by atoms with Crippen molar-refractivity contribution in [3.63, 3.8) is 0 Å². The van der Waals surface area contributed by atoms with Gasteiger partial charge in [-0.05, 0) is 29.8 Å². The number of pyridine rings is 1. The van der Waals surface area contributed by atoms with E-state index in [1.807, 2.05) is 41.0 Å². The van der Waals surface area contributed by atoms with E-state index in [-0.39, 0.29) is 0 Å². The molecule has 1 aliphatic rings. The van der Waals surface area contributed by atoms with Gasteiger partial charge in [0.05, 0.1) is 21.3 Å². The molecule has 4 aromatic rings. The lowest BCUT2D eigenvalue weighted by atomic mass is 10.2. The summed E-state index contributed by atoms with van der Waals surface area (Å²) in [4.78, 5) is 14.6. The lowest BCUT2D eigenvalue weighted by Crippen LogP contribution is -2.46. The molecule has 0 aliphatic carbocycles. The molecule has 0 spiro atoms. The first-order valence-electron chi connectivity index (χ1n) is 12.9. The first kappa shape index (κ1) is 26.9. The molecule has 3 heterocycles. The minimum atomic E-state index is 0.449. The van der Waals surface area contributed by atoms with Crippen molar-refractivity contribution in [1.29, 1.82) is 0 Å². The number of hydrogen-bond donors (Lipinski definition) is 2. The number of imidazole rings is 1. The molecule has 0 saturated carbocycles. The van der Waals surface area contributed by atoms with Gasteiger partial charge >= 0.3 is 0 Å². The molecule has 39 heavy (non-hydrogen) atoms. The Labute approximate surface area is 233 Å². The Hall–Kier alpha value is -3.73. The standard InChI is InChI=1S/C28H34ClN7O3/c1-37-23-16-21(17-24(38-2)26(23)39-3)31-28-32-22-8-9-25(33-27(22)36(28)11-10-30)35-14-12-34(13-15-35)18-19-4-6-20(29)7-5-19/h4-9,16-17H,10-15,18,30H2,1-3H3,(H,31,32). The number of fused-ring (bicyclic) bond motifs is 1. The number of nitrogens with one attached hydrogen (secondary N) is 1. The van der Waals surface area contributed by atoms with E-state index < -0.39 is 0 Å². The minimum Gasteiger partial charge on any atom is -0.493 e. The van der Waals surface area contributed by atoms with Gasteiger partial charge in [0.1, 0.15) is 11.3 Å². The number of rotatable bonds is 10. The second-order valence-electron chi connectivity index (χ2n) is 9.32. The van der Waals surface area contributed by atoms with Crippen molar-refractivity contribution in [1.82, 2.24) is 19.4 Å². The Balaban J connectivity index is 1.35. The predicted octanol–water partition coefficient (Wildman–Crippen LogP) is 4.14. The lowest BCUT2D eigenvalue weighted by molar-refractivity contribution is 0.249. The van der Waals surface area contributed by atoms with Gasteiger partial charge in [-0.15, -0.1) is 0 Å². The number of piperazine rings is 1. The average Bonchev–Trinajstić information content (AvgIpc) is 3.30. The summed E-state index contributed by atoms with van der Waals surface area (Å²) < 4.78 is 18.5. The molecule has 206 valence electrons. The monoisotopic (exact) mass is 551 g/mol. The van der Waals surface area contributed by atoms with Crippen LogP contribution in [-0.4, -0.2) is 73.5 Å². The molecule has 1 saturated heterocycles. The van der Waals surface area contributed by atoms with Crippen LogP contribution in [0.1, 0.15) is 5.56 Å². The van der Waals surface area contributed by atoms with Crippen LogP contribution in [0.4, 0.5) is 17.5 Å². The highest BCUT2D eigenvalue weighted by Gasteiger charge is 2.21. The molecule has 0 radical (unpaired) electrons. The van der Waals surface area contributed by atoms with Crippen molar-refractivity contribution in [3.05, 3.63) is 59.1 Å². The van der Waals surface area contributed by atoms with Crippen molar-refractivity contribution >= 4 is 40.2 Å². The van der Waals surface area contributed by atoms with Gasteiger partial charge < -0.3 is 30.2 Å². The molecule has 2 aromatic heterocycles. The smallest absolute Gasteiger partial charge is 0.209 e. The fourth-order valence-corrected chi connectivity index (χ4v) is 5.00. The molecular formula is C28H34ClN7O3. The molecule has 0 atom stereocenters. The van der Waals surface area contributed by atoms with Gasteiger partial charge in [-0.25, -0.2) is 9.97 Å². The second-order valence-corrected chi connectivity index (χ2v) is 9.75. The predicted molar refractivity (Wildman–Crippen MR) is 155 cm³/mol. The van der Waals surface area contributed by atoms with Crippen LogP contribution in [0.5, 0.6) is 17.2 Å². The van der Waals surface area contributed by atoms with Crippen molar-refractivity contribution in [2.24, 2.45) is 5.73 Å². The Kier molecular flexibility index (Phi) is 8.25. The maximum absolute atomic E-state index is 6.03. The van der Waals surface area contributed by atoms with Gasteiger partial charge in [0.25, 0.3) is 0 Å². The molecule has 1 fully saturated rings. The van der Waals surface area contributed by atoms with Crippen LogP contribution < -0.4 is 30.2 Å². The molecule has 11 heteroatoms. The molecule has 0 amide bonds. The summed E-state index contributed by atoms with van der Waals surface area (Å²) in [6.45, 7) is 5.63. The number of anilines is 3. The number of nitrogens with two attached hydrogens (primary N) is 1. The first-order chi connectivity index (χ1) is 19.0. The zero-order valence-corrected chi connectivity index (χ0v) is 23.2. The summed E-state index contributed by atoms with van der Waals surface area (Å²) in [6.07, 6.45) is 0. The summed E-state index contributed by atoms with van der Waals surface area (Å²) in [5.41, 5.74) is 9.58. The largest absolute Gasteiger partial charge is 0.493 e. The van der Waals surface area contributed by atoms with E-state index in [0.717, 1.165) is 60.4 Å². The molecule has 10 nitrogen and oxygen atoms in total. The van der Waals surface area contributed by atoms with Crippen molar-refractivity contribution in [2.75, 3.05) is 64.3 Å². The fraction of sp³-hybridized carbons (Fsp3) is 0.357. The van der Waals surface area contributed by atoms with E-state index >= 15 is 0 Å². The maximum atomic E-state index is 6.03. The van der Waals surface area contributed by atoms with E-state index in [2.05, 4.69) is 27.2 Å². The van der Waals surface area contributed by atoms with E-state index in [1.54, 1.807) is 21.3 Å². The summed E-state index contributed by atoms with van der Waals surface area (Å²) in [6, 6.07) is 15.8. The fourth-order valence-electron chi connectivity index (χ4n) is 4.87. The third-order valence-corrected chi connectivity index (χ3v) is 7.12. The highest BCUT2D eigenvalue weighted by atomic mass is 35.5. The molecule has 5 rings (SSSR count). The van der Waals surface area contributed by atoms with Crippen LogP contribution >= 0.6 is 11.6 Å². The molecule has 0 bridgehead atoms. The van der Waals surface area contributed by atoms with Crippen LogP contribution in [0, 0.1) is 0 Å². The molecule has 1 aliphatic heterocycles. The van der Waals surface area contributed by atoms with Crippen LogP contribution in [0.2, 0.25) is 5.02 Å². The Bertz CT molecular complexity index is 1390. The van der Waals surface area contributed by atoms with Crippen LogP contribution in [-0.2, 0) is 13.1 Å². The molecule has 2 aromatic carbocycles. The summed E-state index contributed by atoms with van der Waals surface area (Å²) >= 11 is 6.03. The minimum absolute atomic E-state index is 0.449. The van der Waals surface area contributed by atoms with E-state index in [4.69, 9.17) is 41.5 Å². The maximum Gasteiger partial charge on any atom is 0.209 e. The zero-order valence-electron chi connectivity index (χ0n) is 22.5. The van der Waals surface area contributed by atoms with Gasteiger partial charge in [0.2, 0.25) is 11.7 Å². The zero-order chi connectivity index (χ0) is 27.4. The van der Waals surface area contributed by atoms with Crippen LogP contribution in [0.15, 0.2) is 48.5 Å². The van der Waals surface area contributed by atoms with Crippen molar-refractivity contribution in [2.45, 2.75) is 13.1 Å². The third kappa shape index (κ3) is 5.83. The third-order valence-electron chi connectivity index (χ3n) is 6.87. The molecular weight excluding hydrogens is 518 g/mol. The van der Waals surface area contributed by atoms with Crippen molar-refractivity contribution in [3.8, 4) is 17.2 Å². The quantitative estimate of drug-likeness (QED) is 0.301.